The molecule has 2 fully saturated rings. The molecule has 84 valence electrons. The predicted octanol–water partition coefficient (Wildman–Crippen LogP) is 3.22. The highest BCUT2D eigenvalue weighted by molar-refractivity contribution is 5.82. The van der Waals surface area contributed by atoms with E-state index in [-0.39, 0.29) is 12.1 Å². The molecule has 0 atom stereocenters. The lowest BCUT2D eigenvalue weighted by molar-refractivity contribution is -0.142. The molecule has 2 aliphatic rings. The molecule has 2 saturated carbocycles. The van der Waals surface area contributed by atoms with Crippen molar-refractivity contribution in [1.82, 2.24) is 0 Å². The molecular formula is C13H20O2. The van der Waals surface area contributed by atoms with Crippen LogP contribution in [0.3, 0.4) is 0 Å². The maximum Gasteiger partial charge on any atom is 0.330 e. The van der Waals surface area contributed by atoms with E-state index < -0.39 is 0 Å². The summed E-state index contributed by atoms with van der Waals surface area (Å²) in [5.74, 6) is 0.495. The van der Waals surface area contributed by atoms with E-state index in [9.17, 15) is 4.79 Å². The molecule has 0 aromatic carbocycles. The average molecular weight is 208 g/mol. The van der Waals surface area contributed by atoms with Gasteiger partial charge in [-0.2, -0.15) is 0 Å². The lowest BCUT2D eigenvalue weighted by atomic mass is 10.1. The number of hydrogen-bond acceptors (Lipinski definition) is 2. The Balaban J connectivity index is 1.70. The van der Waals surface area contributed by atoms with E-state index in [0.29, 0.717) is 5.92 Å². The van der Waals surface area contributed by atoms with Gasteiger partial charge in [0.1, 0.15) is 6.10 Å². The van der Waals surface area contributed by atoms with Crippen molar-refractivity contribution in [3.63, 3.8) is 0 Å². The molecular weight excluding hydrogens is 188 g/mol. The molecule has 0 unspecified atom stereocenters. The summed E-state index contributed by atoms with van der Waals surface area (Å²) >= 11 is 0. The molecule has 0 spiro atoms. The first-order valence-electron chi connectivity index (χ1n) is 6.23. The highest BCUT2D eigenvalue weighted by atomic mass is 16.5. The van der Waals surface area contributed by atoms with Crippen molar-refractivity contribution in [2.45, 2.75) is 57.5 Å². The fourth-order valence-electron chi connectivity index (χ4n) is 2.57. The molecule has 0 radical (unpaired) electrons. The zero-order chi connectivity index (χ0) is 10.5. The third-order valence-corrected chi connectivity index (χ3v) is 3.49. The van der Waals surface area contributed by atoms with Gasteiger partial charge in [-0.15, -0.1) is 0 Å². The van der Waals surface area contributed by atoms with E-state index >= 15 is 0 Å². The van der Waals surface area contributed by atoms with Crippen molar-refractivity contribution < 1.29 is 9.53 Å². The number of rotatable bonds is 3. The third kappa shape index (κ3) is 3.37. The van der Waals surface area contributed by atoms with Gasteiger partial charge in [-0.3, -0.25) is 0 Å². The molecule has 15 heavy (non-hydrogen) atoms. The van der Waals surface area contributed by atoms with Gasteiger partial charge in [0.25, 0.3) is 0 Å². The Hall–Kier alpha value is -0.790. The normalized spacial score (nSPS) is 24.0. The molecule has 2 aliphatic carbocycles. The summed E-state index contributed by atoms with van der Waals surface area (Å²) in [6.45, 7) is 0. The second kappa shape index (κ2) is 5.34. The first-order chi connectivity index (χ1) is 7.34. The van der Waals surface area contributed by atoms with Crippen LogP contribution in [0.1, 0.15) is 51.4 Å². The number of hydrogen-bond donors (Lipinski definition) is 0. The molecule has 0 bridgehead atoms. The maximum absolute atomic E-state index is 11.4. The van der Waals surface area contributed by atoms with Crippen LogP contribution < -0.4 is 0 Å². The highest BCUT2D eigenvalue weighted by Crippen LogP contribution is 2.26. The van der Waals surface area contributed by atoms with Gasteiger partial charge in [0.2, 0.25) is 0 Å². The molecule has 2 nitrogen and oxygen atoms in total. The second-order valence-electron chi connectivity index (χ2n) is 4.75. The van der Waals surface area contributed by atoms with Gasteiger partial charge in [-0.25, -0.2) is 4.79 Å². The summed E-state index contributed by atoms with van der Waals surface area (Å²) in [7, 11) is 0. The van der Waals surface area contributed by atoms with E-state index in [1.807, 2.05) is 6.08 Å². The minimum absolute atomic E-state index is 0.131. The van der Waals surface area contributed by atoms with Crippen LogP contribution in [0.15, 0.2) is 12.2 Å². The lowest BCUT2D eigenvalue weighted by Gasteiger charge is -2.09. The van der Waals surface area contributed by atoms with E-state index in [2.05, 4.69) is 0 Å². The van der Waals surface area contributed by atoms with Gasteiger partial charge < -0.3 is 4.74 Å². The van der Waals surface area contributed by atoms with Gasteiger partial charge in [0.15, 0.2) is 0 Å². The Morgan fingerprint density at radius 1 is 1.00 bits per heavy atom. The number of ether oxygens (including phenoxy) is 1. The summed E-state index contributed by atoms with van der Waals surface area (Å²) in [6, 6.07) is 0. The minimum atomic E-state index is -0.131. The SMILES string of the molecule is O=C(/C=C/C1CCCC1)OC1CCCC1. The maximum atomic E-state index is 11.4. The van der Waals surface area contributed by atoms with E-state index in [1.54, 1.807) is 6.08 Å². The third-order valence-electron chi connectivity index (χ3n) is 3.49. The Labute approximate surface area is 91.7 Å². The van der Waals surface area contributed by atoms with Crippen LogP contribution in [0.2, 0.25) is 0 Å². The smallest absolute Gasteiger partial charge is 0.330 e. The Morgan fingerprint density at radius 2 is 1.60 bits per heavy atom. The van der Waals surface area contributed by atoms with Crippen LogP contribution in [0, 0.1) is 5.92 Å². The summed E-state index contributed by atoms with van der Waals surface area (Å²) < 4.78 is 5.35. The molecule has 0 aromatic rings. The van der Waals surface area contributed by atoms with Gasteiger partial charge in [0, 0.05) is 6.08 Å². The monoisotopic (exact) mass is 208 g/mol. The van der Waals surface area contributed by atoms with Crippen LogP contribution in [0.5, 0.6) is 0 Å². The zero-order valence-electron chi connectivity index (χ0n) is 9.28. The van der Waals surface area contributed by atoms with Gasteiger partial charge in [-0.1, -0.05) is 18.9 Å². The second-order valence-corrected chi connectivity index (χ2v) is 4.75. The van der Waals surface area contributed by atoms with Crippen LogP contribution in [0.25, 0.3) is 0 Å². The largest absolute Gasteiger partial charge is 0.459 e. The van der Waals surface area contributed by atoms with E-state index in [4.69, 9.17) is 4.74 Å². The molecule has 2 heteroatoms. The molecule has 0 aliphatic heterocycles. The van der Waals surface area contributed by atoms with Crippen molar-refractivity contribution >= 4 is 5.97 Å². The average Bonchev–Trinajstić information content (AvgIpc) is 2.86. The standard InChI is InChI=1S/C13H20O2/c14-13(15-12-7-3-4-8-12)10-9-11-5-1-2-6-11/h9-12H,1-8H2/b10-9+. The molecule has 2 rings (SSSR count). The van der Waals surface area contributed by atoms with Gasteiger partial charge in [-0.05, 0) is 44.4 Å². The Kier molecular flexibility index (Phi) is 3.81. The lowest BCUT2D eigenvalue weighted by Crippen LogP contribution is -2.12. The van der Waals surface area contributed by atoms with Crippen molar-refractivity contribution in [3.8, 4) is 0 Å². The summed E-state index contributed by atoms with van der Waals surface area (Å²) in [5, 5.41) is 0. The quantitative estimate of drug-likeness (QED) is 0.526. The van der Waals surface area contributed by atoms with E-state index in [1.165, 1.54) is 38.5 Å². The highest BCUT2D eigenvalue weighted by Gasteiger charge is 2.18. The molecule has 0 amide bonds. The van der Waals surface area contributed by atoms with E-state index in [0.717, 1.165) is 12.8 Å². The van der Waals surface area contributed by atoms with Crippen molar-refractivity contribution in [2.75, 3.05) is 0 Å². The minimum Gasteiger partial charge on any atom is -0.459 e. The Bertz CT molecular complexity index is 233. The summed E-state index contributed by atoms with van der Waals surface area (Å²) in [6.07, 6.45) is 13.5. The van der Waals surface area contributed by atoms with Gasteiger partial charge >= 0.3 is 5.97 Å². The number of carbonyl (C=O) groups excluding carboxylic acids is 1. The number of carbonyl (C=O) groups is 1. The van der Waals surface area contributed by atoms with Crippen molar-refractivity contribution in [2.24, 2.45) is 5.92 Å². The van der Waals surface area contributed by atoms with Gasteiger partial charge in [0.05, 0.1) is 0 Å². The number of esters is 1. The predicted molar refractivity (Wildman–Crippen MR) is 59.4 cm³/mol. The molecule has 0 N–H and O–H groups in total. The van der Waals surface area contributed by atoms with Crippen molar-refractivity contribution in [1.29, 1.82) is 0 Å². The first-order valence-corrected chi connectivity index (χ1v) is 6.23. The van der Waals surface area contributed by atoms with Crippen LogP contribution in [-0.4, -0.2) is 12.1 Å². The van der Waals surface area contributed by atoms with Crippen LogP contribution in [0.4, 0.5) is 0 Å². The zero-order valence-corrected chi connectivity index (χ0v) is 9.28. The fraction of sp³-hybridized carbons (Fsp3) is 0.769. The topological polar surface area (TPSA) is 26.3 Å². The summed E-state index contributed by atoms with van der Waals surface area (Å²) in [5.41, 5.74) is 0. The van der Waals surface area contributed by atoms with Crippen molar-refractivity contribution in [3.05, 3.63) is 12.2 Å². The summed E-state index contributed by atoms with van der Waals surface area (Å²) in [4.78, 5) is 11.4. The number of allylic oxidation sites excluding steroid dienone is 1. The fourth-order valence-corrected chi connectivity index (χ4v) is 2.57. The van der Waals surface area contributed by atoms with Crippen LogP contribution >= 0.6 is 0 Å². The molecule has 0 heterocycles. The molecule has 0 saturated heterocycles. The Morgan fingerprint density at radius 3 is 2.27 bits per heavy atom. The first kappa shape index (κ1) is 10.7. The van der Waals surface area contributed by atoms with Crippen LogP contribution in [-0.2, 0) is 9.53 Å². The molecule has 0 aromatic heterocycles.